The van der Waals surface area contributed by atoms with Gasteiger partial charge in [0.15, 0.2) is 0 Å². The van der Waals surface area contributed by atoms with Crippen LogP contribution in [0.15, 0.2) is 60.3 Å². The molecule has 0 saturated heterocycles. The van der Waals surface area contributed by atoms with E-state index in [1.165, 1.54) is 4.90 Å². The maximum absolute atomic E-state index is 13.8. The third-order valence-corrected chi connectivity index (χ3v) is 5.87. The number of benzene rings is 3. The Morgan fingerprint density at radius 1 is 0.735 bits per heavy atom. The normalized spacial score (nSPS) is 13.5. The molecular formula is C28H28N2O4. The van der Waals surface area contributed by atoms with Crippen LogP contribution < -0.4 is 19.7 Å². The minimum Gasteiger partial charge on any atom is -0.497 e. The molecule has 0 aromatic heterocycles. The minimum absolute atomic E-state index is 0.197. The summed E-state index contributed by atoms with van der Waals surface area (Å²) in [6, 6.07) is 16.8. The molecule has 2 amide bonds. The third-order valence-electron chi connectivity index (χ3n) is 5.87. The average molecular weight is 457 g/mol. The average Bonchev–Trinajstić information content (AvgIpc) is 3.02. The molecule has 1 aliphatic rings. The molecule has 34 heavy (non-hydrogen) atoms. The van der Waals surface area contributed by atoms with Crippen LogP contribution in [0.5, 0.6) is 11.5 Å². The second-order valence-electron chi connectivity index (χ2n) is 8.55. The largest absolute Gasteiger partial charge is 0.497 e. The number of nitrogens with zero attached hydrogens (tertiary/aromatic N) is 1. The number of nitrogens with one attached hydrogen (secondary N) is 1. The predicted octanol–water partition coefficient (Wildman–Crippen LogP) is 5.33. The van der Waals surface area contributed by atoms with Crippen LogP contribution in [0.25, 0.3) is 5.57 Å². The third kappa shape index (κ3) is 4.15. The van der Waals surface area contributed by atoms with Gasteiger partial charge in [-0.2, -0.15) is 0 Å². The lowest BCUT2D eigenvalue weighted by Crippen LogP contribution is -2.32. The number of carbonyl (C=O) groups excluding carboxylic acids is 2. The van der Waals surface area contributed by atoms with Crippen molar-refractivity contribution in [1.29, 1.82) is 0 Å². The Balaban J connectivity index is 1.90. The Bertz CT molecular complexity index is 1320. The van der Waals surface area contributed by atoms with Gasteiger partial charge in [0.2, 0.25) is 0 Å². The van der Waals surface area contributed by atoms with Crippen LogP contribution in [0.3, 0.4) is 0 Å². The van der Waals surface area contributed by atoms with Crippen LogP contribution in [-0.2, 0) is 9.59 Å². The van der Waals surface area contributed by atoms with Crippen molar-refractivity contribution in [3.8, 4) is 11.5 Å². The summed E-state index contributed by atoms with van der Waals surface area (Å²) in [6.45, 7) is 7.83. The van der Waals surface area contributed by atoms with Gasteiger partial charge in [-0.25, -0.2) is 4.90 Å². The van der Waals surface area contributed by atoms with E-state index in [-0.39, 0.29) is 11.6 Å². The van der Waals surface area contributed by atoms with Gasteiger partial charge in [-0.15, -0.1) is 0 Å². The van der Waals surface area contributed by atoms with Crippen LogP contribution in [0.1, 0.15) is 27.8 Å². The lowest BCUT2D eigenvalue weighted by molar-refractivity contribution is -0.120. The number of anilines is 2. The smallest absolute Gasteiger partial charge is 0.282 e. The molecule has 0 unspecified atom stereocenters. The Morgan fingerprint density at radius 3 is 2.06 bits per heavy atom. The monoisotopic (exact) mass is 456 g/mol. The lowest BCUT2D eigenvalue weighted by atomic mass is 9.97. The standard InChI is InChI=1S/C28H28N2O4/c1-16-7-9-22(19(4)12-16)25-26(29-23-15-21(33-5)8-10-24(23)34-6)28(32)30(27(25)31)20-13-17(2)11-18(3)14-20/h7-15,29H,1-6H3. The van der Waals surface area contributed by atoms with Gasteiger partial charge >= 0.3 is 0 Å². The van der Waals surface area contributed by atoms with E-state index in [0.717, 1.165) is 22.3 Å². The molecule has 1 aliphatic heterocycles. The van der Waals surface area contributed by atoms with Gasteiger partial charge in [0.05, 0.1) is 31.2 Å². The Morgan fingerprint density at radius 2 is 1.44 bits per heavy atom. The van der Waals surface area contributed by atoms with E-state index in [1.807, 2.05) is 64.1 Å². The molecule has 0 aliphatic carbocycles. The Kier molecular flexibility index (Phi) is 6.16. The van der Waals surface area contributed by atoms with Crippen LogP contribution in [-0.4, -0.2) is 26.0 Å². The maximum atomic E-state index is 13.8. The first-order chi connectivity index (χ1) is 16.2. The van der Waals surface area contributed by atoms with Crippen molar-refractivity contribution in [1.82, 2.24) is 0 Å². The second kappa shape index (κ2) is 9.06. The number of aryl methyl sites for hydroxylation is 4. The highest BCUT2D eigenvalue weighted by Gasteiger charge is 2.41. The van der Waals surface area contributed by atoms with Crippen molar-refractivity contribution in [3.05, 3.63) is 88.1 Å². The fourth-order valence-corrected chi connectivity index (χ4v) is 4.35. The van der Waals surface area contributed by atoms with E-state index in [1.54, 1.807) is 32.4 Å². The molecule has 0 saturated carbocycles. The van der Waals surface area contributed by atoms with Crippen LogP contribution in [0.4, 0.5) is 11.4 Å². The highest BCUT2D eigenvalue weighted by atomic mass is 16.5. The predicted molar refractivity (Wildman–Crippen MR) is 134 cm³/mol. The summed E-state index contributed by atoms with van der Waals surface area (Å²) in [7, 11) is 3.12. The van der Waals surface area contributed by atoms with E-state index < -0.39 is 5.91 Å². The molecule has 0 fully saturated rings. The number of methoxy groups -OCH3 is 2. The first-order valence-corrected chi connectivity index (χ1v) is 11.0. The lowest BCUT2D eigenvalue weighted by Gasteiger charge is -2.17. The topological polar surface area (TPSA) is 67.9 Å². The van der Waals surface area contributed by atoms with Crippen LogP contribution in [0.2, 0.25) is 0 Å². The van der Waals surface area contributed by atoms with Crippen molar-refractivity contribution in [2.45, 2.75) is 27.7 Å². The van der Waals surface area contributed by atoms with Gasteiger partial charge in [-0.1, -0.05) is 29.8 Å². The summed E-state index contributed by atoms with van der Waals surface area (Å²) in [6.07, 6.45) is 0. The van der Waals surface area contributed by atoms with Crippen molar-refractivity contribution >= 4 is 28.8 Å². The van der Waals surface area contributed by atoms with Crippen molar-refractivity contribution in [2.75, 3.05) is 24.4 Å². The quantitative estimate of drug-likeness (QED) is 0.508. The molecule has 1 heterocycles. The van der Waals surface area contributed by atoms with E-state index >= 15 is 0 Å². The zero-order chi connectivity index (χ0) is 24.6. The fraction of sp³-hybridized carbons (Fsp3) is 0.214. The summed E-state index contributed by atoms with van der Waals surface area (Å²) >= 11 is 0. The van der Waals surface area contributed by atoms with Gasteiger partial charge in [-0.3, -0.25) is 9.59 Å². The summed E-state index contributed by atoms with van der Waals surface area (Å²) in [5.74, 6) is 0.333. The molecule has 4 rings (SSSR count). The first-order valence-electron chi connectivity index (χ1n) is 11.0. The summed E-state index contributed by atoms with van der Waals surface area (Å²) in [5.41, 5.74) is 6.24. The minimum atomic E-state index is -0.421. The van der Waals surface area contributed by atoms with Crippen LogP contribution in [0, 0.1) is 27.7 Å². The van der Waals surface area contributed by atoms with Crippen molar-refractivity contribution in [3.63, 3.8) is 0 Å². The summed E-state index contributed by atoms with van der Waals surface area (Å²) in [4.78, 5) is 28.8. The maximum Gasteiger partial charge on any atom is 0.282 e. The number of amides is 2. The van der Waals surface area contributed by atoms with Crippen LogP contribution >= 0.6 is 0 Å². The molecule has 6 heteroatoms. The van der Waals surface area contributed by atoms with Crippen molar-refractivity contribution < 1.29 is 19.1 Å². The first kappa shape index (κ1) is 23.1. The van der Waals surface area contributed by atoms with Gasteiger partial charge in [0.25, 0.3) is 11.8 Å². The van der Waals surface area contributed by atoms with E-state index in [0.29, 0.717) is 34.0 Å². The number of carbonyl (C=O) groups is 2. The molecule has 174 valence electrons. The zero-order valence-corrected chi connectivity index (χ0v) is 20.3. The molecular weight excluding hydrogens is 428 g/mol. The van der Waals surface area contributed by atoms with E-state index in [2.05, 4.69) is 5.32 Å². The molecule has 0 spiro atoms. The highest BCUT2D eigenvalue weighted by Crippen LogP contribution is 2.38. The van der Waals surface area contributed by atoms with Crippen molar-refractivity contribution in [2.24, 2.45) is 0 Å². The number of imide groups is 1. The Labute approximate surface area is 199 Å². The molecule has 0 atom stereocenters. The molecule has 1 N–H and O–H groups in total. The zero-order valence-electron chi connectivity index (χ0n) is 20.3. The SMILES string of the molecule is COc1ccc(OC)c(NC2=C(c3ccc(C)cc3C)C(=O)N(c3cc(C)cc(C)c3)C2=O)c1. The molecule has 3 aromatic rings. The van der Waals surface area contributed by atoms with E-state index in [4.69, 9.17) is 9.47 Å². The second-order valence-corrected chi connectivity index (χ2v) is 8.55. The molecule has 0 bridgehead atoms. The fourth-order valence-electron chi connectivity index (χ4n) is 4.35. The van der Waals surface area contributed by atoms with Gasteiger partial charge in [0, 0.05) is 6.07 Å². The van der Waals surface area contributed by atoms with Gasteiger partial charge in [0.1, 0.15) is 17.2 Å². The highest BCUT2D eigenvalue weighted by molar-refractivity contribution is 6.46. The number of hydrogen-bond acceptors (Lipinski definition) is 5. The summed E-state index contributed by atoms with van der Waals surface area (Å²) < 4.78 is 10.8. The van der Waals surface area contributed by atoms with E-state index in [9.17, 15) is 9.59 Å². The Hall–Kier alpha value is -4.06. The van der Waals surface area contributed by atoms with Gasteiger partial charge < -0.3 is 14.8 Å². The number of ether oxygens (including phenoxy) is 2. The molecule has 3 aromatic carbocycles. The summed E-state index contributed by atoms with van der Waals surface area (Å²) in [5, 5.41) is 3.20. The number of hydrogen-bond donors (Lipinski definition) is 1. The van der Waals surface area contributed by atoms with Gasteiger partial charge in [-0.05, 0) is 74.2 Å². The number of rotatable bonds is 6. The molecule has 6 nitrogen and oxygen atoms in total. The molecule has 0 radical (unpaired) electrons.